The lowest BCUT2D eigenvalue weighted by Gasteiger charge is -2.35. The molecule has 1 aliphatic heterocycles. The van der Waals surface area contributed by atoms with Gasteiger partial charge < -0.3 is 9.64 Å². The summed E-state index contributed by atoms with van der Waals surface area (Å²) < 4.78 is 5.53. The topological polar surface area (TPSA) is 32.8 Å². The molecule has 1 amide bonds. The molecule has 0 atom stereocenters. The third-order valence-electron chi connectivity index (χ3n) is 3.04. The highest BCUT2D eigenvalue weighted by molar-refractivity contribution is 5.78. The minimum Gasteiger partial charge on any atom is -0.377 e. The Labute approximate surface area is 105 Å². The van der Waals surface area contributed by atoms with Crippen LogP contribution in [0.25, 0.3) is 0 Å². The van der Waals surface area contributed by atoms with Crippen LogP contribution >= 0.6 is 0 Å². The Hall–Kier alpha value is -0.610. The Bertz CT molecular complexity index is 234. The molecule has 100 valence electrons. The van der Waals surface area contributed by atoms with Crippen molar-refractivity contribution < 1.29 is 9.53 Å². The predicted molar refractivity (Wildman–Crippen MR) is 68.9 cm³/mol. The number of ether oxygens (including phenoxy) is 1. The third-order valence-corrected chi connectivity index (χ3v) is 3.04. The molecule has 0 radical (unpaired) electrons. The summed E-state index contributed by atoms with van der Waals surface area (Å²) in [4.78, 5) is 16.1. The molecule has 0 spiro atoms. The minimum atomic E-state index is 0.117. The molecule has 1 heterocycles. The van der Waals surface area contributed by atoms with Gasteiger partial charge in [-0.05, 0) is 13.8 Å². The van der Waals surface area contributed by atoms with Crippen LogP contribution in [0.5, 0.6) is 0 Å². The van der Waals surface area contributed by atoms with E-state index in [1.54, 1.807) is 0 Å². The van der Waals surface area contributed by atoms with Crippen LogP contribution in [-0.4, -0.2) is 61.1 Å². The van der Waals surface area contributed by atoms with E-state index in [9.17, 15) is 4.79 Å². The molecule has 0 bridgehead atoms. The minimum absolute atomic E-state index is 0.117. The van der Waals surface area contributed by atoms with Gasteiger partial charge in [0.25, 0.3) is 0 Å². The van der Waals surface area contributed by atoms with Crippen LogP contribution in [0.2, 0.25) is 0 Å². The summed E-state index contributed by atoms with van der Waals surface area (Å²) in [5.74, 6) is 0.397. The summed E-state index contributed by atoms with van der Waals surface area (Å²) in [7, 11) is 0. The van der Waals surface area contributed by atoms with Gasteiger partial charge in [-0.15, -0.1) is 0 Å². The molecular weight excluding hydrogens is 216 g/mol. The SMILES string of the molecule is CC(C)OCCN1CCN(C(=O)C(C)C)CC1. The van der Waals surface area contributed by atoms with E-state index in [2.05, 4.69) is 18.7 Å². The molecule has 4 nitrogen and oxygen atoms in total. The van der Waals surface area contributed by atoms with Gasteiger partial charge in [-0.25, -0.2) is 0 Å². The molecular formula is C13H26N2O2. The summed E-state index contributed by atoms with van der Waals surface area (Å²) in [6.07, 6.45) is 0.304. The van der Waals surface area contributed by atoms with E-state index < -0.39 is 0 Å². The van der Waals surface area contributed by atoms with Crippen molar-refractivity contribution in [2.45, 2.75) is 33.8 Å². The van der Waals surface area contributed by atoms with Crippen LogP contribution < -0.4 is 0 Å². The van der Waals surface area contributed by atoms with E-state index >= 15 is 0 Å². The predicted octanol–water partition coefficient (Wildman–Crippen LogP) is 1.21. The zero-order valence-electron chi connectivity index (χ0n) is 11.6. The molecule has 1 saturated heterocycles. The van der Waals surface area contributed by atoms with Gasteiger partial charge in [-0.3, -0.25) is 9.69 Å². The monoisotopic (exact) mass is 242 g/mol. The van der Waals surface area contributed by atoms with E-state index in [4.69, 9.17) is 4.74 Å². The van der Waals surface area contributed by atoms with Crippen molar-refractivity contribution in [2.75, 3.05) is 39.3 Å². The Morgan fingerprint density at radius 2 is 1.71 bits per heavy atom. The van der Waals surface area contributed by atoms with Gasteiger partial charge in [0.2, 0.25) is 5.91 Å². The molecule has 4 heteroatoms. The van der Waals surface area contributed by atoms with E-state index in [0.717, 1.165) is 39.3 Å². The van der Waals surface area contributed by atoms with Gasteiger partial charge in [0.1, 0.15) is 0 Å². The van der Waals surface area contributed by atoms with E-state index in [1.165, 1.54) is 0 Å². The van der Waals surface area contributed by atoms with E-state index in [-0.39, 0.29) is 11.8 Å². The second-order valence-electron chi connectivity index (χ2n) is 5.24. The van der Waals surface area contributed by atoms with Gasteiger partial charge >= 0.3 is 0 Å². The number of piperazine rings is 1. The van der Waals surface area contributed by atoms with Crippen molar-refractivity contribution in [3.05, 3.63) is 0 Å². The molecule has 1 rings (SSSR count). The molecule has 0 aromatic rings. The Morgan fingerprint density at radius 1 is 1.12 bits per heavy atom. The Morgan fingerprint density at radius 3 is 2.18 bits per heavy atom. The molecule has 0 unspecified atom stereocenters. The average Bonchev–Trinajstić information content (AvgIpc) is 2.28. The highest BCUT2D eigenvalue weighted by atomic mass is 16.5. The molecule has 1 aliphatic rings. The van der Waals surface area contributed by atoms with Crippen LogP contribution in [0.3, 0.4) is 0 Å². The van der Waals surface area contributed by atoms with Crippen LogP contribution in [0, 0.1) is 5.92 Å². The zero-order valence-corrected chi connectivity index (χ0v) is 11.6. The van der Waals surface area contributed by atoms with Gasteiger partial charge in [-0.2, -0.15) is 0 Å². The first-order chi connectivity index (χ1) is 8.00. The van der Waals surface area contributed by atoms with Gasteiger partial charge in [0, 0.05) is 38.6 Å². The summed E-state index contributed by atoms with van der Waals surface area (Å²) in [6, 6.07) is 0. The number of rotatable bonds is 5. The first-order valence-electron chi connectivity index (χ1n) is 6.63. The lowest BCUT2D eigenvalue weighted by atomic mass is 10.1. The molecule has 0 aromatic heterocycles. The highest BCUT2D eigenvalue weighted by Gasteiger charge is 2.22. The fraction of sp³-hybridized carbons (Fsp3) is 0.923. The number of hydrogen-bond acceptors (Lipinski definition) is 3. The van der Waals surface area contributed by atoms with Crippen molar-refractivity contribution in [1.29, 1.82) is 0 Å². The fourth-order valence-electron chi connectivity index (χ4n) is 1.97. The maximum atomic E-state index is 11.8. The molecule has 0 aliphatic carbocycles. The summed E-state index contributed by atoms with van der Waals surface area (Å²) in [5.41, 5.74) is 0. The van der Waals surface area contributed by atoms with E-state index in [1.807, 2.05) is 18.7 Å². The molecule has 0 N–H and O–H groups in total. The molecule has 0 aromatic carbocycles. The first-order valence-corrected chi connectivity index (χ1v) is 6.63. The van der Waals surface area contributed by atoms with E-state index in [0.29, 0.717) is 6.10 Å². The lowest BCUT2D eigenvalue weighted by molar-refractivity contribution is -0.136. The largest absolute Gasteiger partial charge is 0.377 e. The van der Waals surface area contributed by atoms with Crippen LogP contribution in [0.1, 0.15) is 27.7 Å². The lowest BCUT2D eigenvalue weighted by Crippen LogP contribution is -2.50. The third kappa shape index (κ3) is 5.04. The van der Waals surface area contributed by atoms with Gasteiger partial charge in [0.15, 0.2) is 0 Å². The van der Waals surface area contributed by atoms with Crippen LogP contribution in [0.15, 0.2) is 0 Å². The van der Waals surface area contributed by atoms with Gasteiger partial charge in [-0.1, -0.05) is 13.8 Å². The van der Waals surface area contributed by atoms with Crippen molar-refractivity contribution in [3.63, 3.8) is 0 Å². The molecule has 17 heavy (non-hydrogen) atoms. The zero-order chi connectivity index (χ0) is 12.8. The van der Waals surface area contributed by atoms with Gasteiger partial charge in [0.05, 0.1) is 12.7 Å². The number of carbonyl (C=O) groups is 1. The maximum Gasteiger partial charge on any atom is 0.225 e. The smallest absolute Gasteiger partial charge is 0.225 e. The number of amides is 1. The number of nitrogens with zero attached hydrogens (tertiary/aromatic N) is 2. The van der Waals surface area contributed by atoms with Crippen molar-refractivity contribution >= 4 is 5.91 Å². The first kappa shape index (κ1) is 14.5. The van der Waals surface area contributed by atoms with Crippen molar-refractivity contribution in [3.8, 4) is 0 Å². The number of carbonyl (C=O) groups excluding carboxylic acids is 1. The quantitative estimate of drug-likeness (QED) is 0.726. The number of hydrogen-bond donors (Lipinski definition) is 0. The van der Waals surface area contributed by atoms with Crippen LogP contribution in [0.4, 0.5) is 0 Å². The second-order valence-corrected chi connectivity index (χ2v) is 5.24. The highest BCUT2D eigenvalue weighted by Crippen LogP contribution is 2.06. The molecule has 0 saturated carbocycles. The summed E-state index contributed by atoms with van der Waals surface area (Å²) in [5, 5.41) is 0. The Balaban J connectivity index is 2.19. The second kappa shape index (κ2) is 6.97. The maximum absolute atomic E-state index is 11.8. The Kier molecular flexibility index (Phi) is 5.92. The van der Waals surface area contributed by atoms with Crippen molar-refractivity contribution in [2.24, 2.45) is 5.92 Å². The van der Waals surface area contributed by atoms with Crippen molar-refractivity contribution in [1.82, 2.24) is 9.80 Å². The van der Waals surface area contributed by atoms with Crippen LogP contribution in [-0.2, 0) is 9.53 Å². The standard InChI is InChI=1S/C13H26N2O2/c1-11(2)13(16)15-7-5-14(6-8-15)9-10-17-12(3)4/h11-12H,5-10H2,1-4H3. The summed E-state index contributed by atoms with van der Waals surface area (Å²) in [6.45, 7) is 13.5. The fourth-order valence-corrected chi connectivity index (χ4v) is 1.97. The summed E-state index contributed by atoms with van der Waals surface area (Å²) >= 11 is 0. The average molecular weight is 242 g/mol. The molecule has 1 fully saturated rings. The normalized spacial score (nSPS) is 18.1.